The lowest BCUT2D eigenvalue weighted by Gasteiger charge is -2.21. The summed E-state index contributed by atoms with van der Waals surface area (Å²) in [5.41, 5.74) is 6.25. The van der Waals surface area contributed by atoms with Gasteiger partial charge in [-0.05, 0) is 53.5 Å². The number of carboxylic acids is 1. The van der Waals surface area contributed by atoms with Crippen LogP contribution >= 0.6 is 0 Å². The van der Waals surface area contributed by atoms with Crippen LogP contribution < -0.4 is 0 Å². The van der Waals surface area contributed by atoms with E-state index in [1.54, 1.807) is 0 Å². The normalized spacial score (nSPS) is 19.3. The first-order valence-electron chi connectivity index (χ1n) is 8.85. The van der Waals surface area contributed by atoms with Gasteiger partial charge in [-0.2, -0.15) is 0 Å². The fourth-order valence-electron chi connectivity index (χ4n) is 3.94. The first kappa shape index (κ1) is 15.9. The lowest BCUT2D eigenvalue weighted by molar-refractivity contribution is -0.146. The first-order chi connectivity index (χ1) is 12.1. The highest BCUT2D eigenvalue weighted by atomic mass is 16.4. The van der Waals surface area contributed by atoms with Gasteiger partial charge in [-0.25, -0.2) is 4.79 Å². The van der Waals surface area contributed by atoms with E-state index in [1.807, 2.05) is 12.1 Å². The largest absolute Gasteiger partial charge is 0.480 e. The number of hydrogen-bond acceptors (Lipinski definition) is 2. The molecule has 128 valence electrons. The molecule has 1 amide bonds. The summed E-state index contributed by atoms with van der Waals surface area (Å²) in [5.74, 6) is -0.990. The van der Waals surface area contributed by atoms with Crippen LogP contribution in [0.4, 0.5) is 0 Å². The van der Waals surface area contributed by atoms with Crippen LogP contribution in [0.5, 0.6) is 0 Å². The maximum Gasteiger partial charge on any atom is 0.326 e. The van der Waals surface area contributed by atoms with Crippen LogP contribution in [0, 0.1) is 0 Å². The van der Waals surface area contributed by atoms with Crippen molar-refractivity contribution in [2.45, 2.75) is 44.7 Å². The molecule has 0 radical (unpaired) electrons. The zero-order valence-corrected chi connectivity index (χ0v) is 14.1. The summed E-state index contributed by atoms with van der Waals surface area (Å²) >= 11 is 0. The van der Waals surface area contributed by atoms with Gasteiger partial charge in [-0.1, -0.05) is 42.5 Å². The molecule has 1 heterocycles. The van der Waals surface area contributed by atoms with Crippen molar-refractivity contribution in [3.63, 3.8) is 0 Å². The minimum atomic E-state index is -0.916. The zero-order chi connectivity index (χ0) is 17.4. The molecular weight excluding hydrogens is 314 g/mol. The number of amides is 1. The molecule has 4 rings (SSSR count). The minimum absolute atomic E-state index is 0.0740. The number of likely N-dealkylation sites (tertiary alicyclic amines) is 1. The quantitative estimate of drug-likeness (QED) is 0.931. The predicted octanol–water partition coefficient (Wildman–Crippen LogP) is 3.42. The summed E-state index contributed by atoms with van der Waals surface area (Å²) in [6.45, 7) is 0.361. The number of aliphatic carboxylic acids is 1. The van der Waals surface area contributed by atoms with E-state index >= 15 is 0 Å². The summed E-state index contributed by atoms with van der Waals surface area (Å²) in [6, 6.07) is 14.1. The Morgan fingerprint density at radius 1 is 1.00 bits per heavy atom. The lowest BCUT2D eigenvalue weighted by atomic mass is 9.99. The molecule has 2 aromatic rings. The number of carboxylic acid groups (broad SMARTS) is 1. The van der Waals surface area contributed by atoms with E-state index < -0.39 is 12.0 Å². The van der Waals surface area contributed by atoms with Crippen molar-refractivity contribution < 1.29 is 14.7 Å². The number of carbonyl (C=O) groups is 2. The number of carbonyl (C=O) groups excluding carboxylic acids is 1. The standard InChI is InChI=1S/C21H21NO3/c23-20-11-10-19(21(24)25)22(20)13-14-4-6-16(7-5-14)18-9-8-15-2-1-3-17(15)12-18/h4-9,12,19H,1-3,10-11,13H2,(H,24,25). The van der Waals surface area contributed by atoms with Gasteiger partial charge in [0.1, 0.15) is 6.04 Å². The summed E-state index contributed by atoms with van der Waals surface area (Å²) in [4.78, 5) is 24.7. The molecule has 0 bridgehead atoms. The fourth-order valence-corrected chi connectivity index (χ4v) is 3.94. The second-order valence-electron chi connectivity index (χ2n) is 6.95. The molecule has 2 aliphatic rings. The molecule has 2 aromatic carbocycles. The molecule has 1 unspecified atom stereocenters. The van der Waals surface area contributed by atoms with Gasteiger partial charge in [0.25, 0.3) is 0 Å². The molecule has 1 fully saturated rings. The maximum absolute atomic E-state index is 12.0. The van der Waals surface area contributed by atoms with Crippen molar-refractivity contribution in [2.24, 2.45) is 0 Å². The number of fused-ring (bicyclic) bond motifs is 1. The highest BCUT2D eigenvalue weighted by molar-refractivity contribution is 5.87. The van der Waals surface area contributed by atoms with Crippen molar-refractivity contribution in [2.75, 3.05) is 0 Å². The summed E-state index contributed by atoms with van der Waals surface area (Å²) < 4.78 is 0. The second kappa shape index (κ2) is 6.36. The fraction of sp³-hybridized carbons (Fsp3) is 0.333. The first-order valence-corrected chi connectivity index (χ1v) is 8.85. The summed E-state index contributed by atoms with van der Waals surface area (Å²) in [5, 5.41) is 9.26. The Bertz CT molecular complexity index is 826. The lowest BCUT2D eigenvalue weighted by Crippen LogP contribution is -2.37. The van der Waals surface area contributed by atoms with Crippen LogP contribution in [0.1, 0.15) is 36.0 Å². The Kier molecular flexibility index (Phi) is 4.04. The van der Waals surface area contributed by atoms with E-state index in [1.165, 1.54) is 34.4 Å². The summed E-state index contributed by atoms with van der Waals surface area (Å²) in [6.07, 6.45) is 4.32. The Morgan fingerprint density at radius 3 is 2.48 bits per heavy atom. The van der Waals surface area contributed by atoms with Crippen LogP contribution in [0.3, 0.4) is 0 Å². The molecule has 25 heavy (non-hydrogen) atoms. The van der Waals surface area contributed by atoms with Gasteiger partial charge in [0.2, 0.25) is 5.91 Å². The Balaban J connectivity index is 1.52. The van der Waals surface area contributed by atoms with Crippen LogP contribution in [-0.4, -0.2) is 27.9 Å². The smallest absolute Gasteiger partial charge is 0.326 e. The molecule has 1 aliphatic carbocycles. The van der Waals surface area contributed by atoms with E-state index in [0.29, 0.717) is 19.4 Å². The number of nitrogens with zero attached hydrogens (tertiary/aromatic N) is 1. The van der Waals surface area contributed by atoms with Crippen LogP contribution in [0.2, 0.25) is 0 Å². The van der Waals surface area contributed by atoms with Crippen molar-refractivity contribution in [3.05, 3.63) is 59.2 Å². The van der Waals surface area contributed by atoms with Gasteiger partial charge in [0, 0.05) is 13.0 Å². The van der Waals surface area contributed by atoms with E-state index in [4.69, 9.17) is 0 Å². The Labute approximate surface area is 147 Å². The summed E-state index contributed by atoms with van der Waals surface area (Å²) in [7, 11) is 0. The molecule has 1 aliphatic heterocycles. The Morgan fingerprint density at radius 2 is 1.72 bits per heavy atom. The molecule has 4 nitrogen and oxygen atoms in total. The topological polar surface area (TPSA) is 57.6 Å². The van der Waals surface area contributed by atoms with E-state index in [0.717, 1.165) is 17.5 Å². The van der Waals surface area contributed by atoms with Gasteiger partial charge in [-0.15, -0.1) is 0 Å². The van der Waals surface area contributed by atoms with Gasteiger partial charge in [0.15, 0.2) is 0 Å². The molecule has 4 heteroatoms. The third kappa shape index (κ3) is 3.04. The zero-order valence-electron chi connectivity index (χ0n) is 14.1. The van der Waals surface area contributed by atoms with Crippen LogP contribution in [0.15, 0.2) is 42.5 Å². The van der Waals surface area contributed by atoms with Gasteiger partial charge >= 0.3 is 5.97 Å². The molecule has 1 atom stereocenters. The Hall–Kier alpha value is -2.62. The molecule has 0 aromatic heterocycles. The average molecular weight is 335 g/mol. The van der Waals surface area contributed by atoms with Crippen molar-refractivity contribution in [1.29, 1.82) is 0 Å². The number of hydrogen-bond donors (Lipinski definition) is 1. The van der Waals surface area contributed by atoms with E-state index in [9.17, 15) is 14.7 Å². The van der Waals surface area contributed by atoms with E-state index in [2.05, 4.69) is 30.3 Å². The van der Waals surface area contributed by atoms with Crippen LogP contribution in [-0.2, 0) is 29.0 Å². The third-order valence-corrected chi connectivity index (χ3v) is 5.35. The molecule has 1 N–H and O–H groups in total. The van der Waals surface area contributed by atoms with Gasteiger partial charge < -0.3 is 10.0 Å². The number of aryl methyl sites for hydroxylation is 2. The highest BCUT2D eigenvalue weighted by Gasteiger charge is 2.35. The minimum Gasteiger partial charge on any atom is -0.480 e. The van der Waals surface area contributed by atoms with E-state index in [-0.39, 0.29) is 5.91 Å². The van der Waals surface area contributed by atoms with Crippen molar-refractivity contribution >= 4 is 11.9 Å². The predicted molar refractivity (Wildman–Crippen MR) is 95.1 cm³/mol. The van der Waals surface area contributed by atoms with Crippen LogP contribution in [0.25, 0.3) is 11.1 Å². The number of rotatable bonds is 4. The molecule has 1 saturated heterocycles. The SMILES string of the molecule is O=C(O)C1CCC(=O)N1Cc1ccc(-c2ccc3c(c2)CCC3)cc1. The monoisotopic (exact) mass is 335 g/mol. The third-order valence-electron chi connectivity index (χ3n) is 5.35. The number of benzene rings is 2. The van der Waals surface area contributed by atoms with Crippen molar-refractivity contribution in [1.82, 2.24) is 4.90 Å². The second-order valence-corrected chi connectivity index (χ2v) is 6.95. The molecular formula is C21H21NO3. The molecule has 0 saturated carbocycles. The average Bonchev–Trinajstić information content (AvgIpc) is 3.22. The maximum atomic E-state index is 12.0. The molecule has 0 spiro atoms. The van der Waals surface area contributed by atoms with Gasteiger partial charge in [0.05, 0.1) is 0 Å². The van der Waals surface area contributed by atoms with Gasteiger partial charge in [-0.3, -0.25) is 4.79 Å². The van der Waals surface area contributed by atoms with Crippen molar-refractivity contribution in [3.8, 4) is 11.1 Å². The highest BCUT2D eigenvalue weighted by Crippen LogP contribution is 2.29.